The quantitative estimate of drug-likeness (QED) is 0.769. The fraction of sp³-hybridized carbons (Fsp3) is 0.214. The second kappa shape index (κ2) is 6.49. The van der Waals surface area contributed by atoms with E-state index in [2.05, 4.69) is 9.97 Å². The Morgan fingerprint density at radius 2 is 1.89 bits per heavy atom. The normalized spacial score (nSPS) is 11.6. The van der Waals surface area contributed by atoms with Crippen molar-refractivity contribution >= 4 is 5.97 Å². The highest BCUT2D eigenvalue weighted by Crippen LogP contribution is 2.22. The Morgan fingerprint density at radius 3 is 2.53 bits per heavy atom. The summed E-state index contributed by atoms with van der Waals surface area (Å²) in [5, 5.41) is 0. The van der Waals surface area contributed by atoms with Crippen LogP contribution in [0.5, 0.6) is 5.75 Å². The third-order valence-electron chi connectivity index (χ3n) is 2.38. The maximum atomic E-state index is 11.9. The molecule has 0 aliphatic carbocycles. The average molecular weight is 258 g/mol. The summed E-state index contributed by atoms with van der Waals surface area (Å²) in [4.78, 5) is 19.7. The number of rotatable bonds is 5. The van der Waals surface area contributed by atoms with Crippen molar-refractivity contribution in [1.29, 1.82) is 0 Å². The molecule has 5 nitrogen and oxygen atoms in total. The number of ether oxygens (including phenoxy) is 2. The average Bonchev–Trinajstić information content (AvgIpc) is 2.47. The van der Waals surface area contributed by atoms with E-state index in [0.29, 0.717) is 17.9 Å². The molecule has 0 saturated heterocycles. The molecule has 0 saturated carbocycles. The van der Waals surface area contributed by atoms with Crippen LogP contribution < -0.4 is 4.74 Å². The van der Waals surface area contributed by atoms with Gasteiger partial charge in [0.2, 0.25) is 6.10 Å². The standard InChI is InChI=1S/C14H14N2O3/c1-2-18-14(17)13(11-8-15-10-16-9-11)19-12-6-4-3-5-7-12/h3-10,13H,2H2,1H3. The van der Waals surface area contributed by atoms with Gasteiger partial charge in [-0.3, -0.25) is 0 Å². The third kappa shape index (κ3) is 3.51. The molecule has 2 aromatic rings. The van der Waals surface area contributed by atoms with Crippen molar-refractivity contribution in [2.24, 2.45) is 0 Å². The number of para-hydroxylation sites is 1. The molecule has 0 radical (unpaired) electrons. The predicted octanol–water partition coefficient (Wildman–Crippen LogP) is 2.16. The molecule has 1 atom stereocenters. The Labute approximate surface area is 111 Å². The molecule has 0 bridgehead atoms. The van der Waals surface area contributed by atoms with E-state index < -0.39 is 12.1 Å². The molecule has 0 amide bonds. The van der Waals surface area contributed by atoms with Crippen LogP contribution in [0.15, 0.2) is 49.1 Å². The zero-order valence-electron chi connectivity index (χ0n) is 10.5. The van der Waals surface area contributed by atoms with Gasteiger partial charge >= 0.3 is 5.97 Å². The van der Waals surface area contributed by atoms with Crippen LogP contribution in [-0.2, 0) is 9.53 Å². The number of hydrogen-bond donors (Lipinski definition) is 0. The van der Waals surface area contributed by atoms with Crippen LogP contribution in [0.2, 0.25) is 0 Å². The maximum absolute atomic E-state index is 11.9. The number of carbonyl (C=O) groups excluding carboxylic acids is 1. The highest BCUT2D eigenvalue weighted by atomic mass is 16.6. The lowest BCUT2D eigenvalue weighted by molar-refractivity contribution is -0.151. The van der Waals surface area contributed by atoms with Crippen molar-refractivity contribution in [2.75, 3.05) is 6.61 Å². The smallest absolute Gasteiger partial charge is 0.352 e. The molecule has 0 N–H and O–H groups in total. The van der Waals surface area contributed by atoms with Crippen molar-refractivity contribution < 1.29 is 14.3 Å². The Kier molecular flexibility index (Phi) is 4.44. The number of nitrogens with zero attached hydrogens (tertiary/aromatic N) is 2. The van der Waals surface area contributed by atoms with Crippen molar-refractivity contribution in [3.8, 4) is 5.75 Å². The zero-order valence-corrected chi connectivity index (χ0v) is 10.5. The van der Waals surface area contributed by atoms with Crippen molar-refractivity contribution in [1.82, 2.24) is 9.97 Å². The Balaban J connectivity index is 2.22. The number of benzene rings is 1. The number of hydrogen-bond acceptors (Lipinski definition) is 5. The molecule has 0 fully saturated rings. The van der Waals surface area contributed by atoms with Gasteiger partial charge < -0.3 is 9.47 Å². The van der Waals surface area contributed by atoms with Crippen LogP contribution in [0, 0.1) is 0 Å². The maximum Gasteiger partial charge on any atom is 0.352 e. The second-order valence-corrected chi connectivity index (χ2v) is 3.73. The summed E-state index contributed by atoms with van der Waals surface area (Å²) in [6, 6.07) is 9.09. The molecule has 5 heteroatoms. The van der Waals surface area contributed by atoms with Crippen LogP contribution >= 0.6 is 0 Å². The van der Waals surface area contributed by atoms with Gasteiger partial charge in [-0.05, 0) is 19.1 Å². The van der Waals surface area contributed by atoms with Gasteiger partial charge in [-0.1, -0.05) is 18.2 Å². The molecule has 98 valence electrons. The molecular formula is C14H14N2O3. The molecule has 2 rings (SSSR count). The van der Waals surface area contributed by atoms with Crippen LogP contribution in [0.1, 0.15) is 18.6 Å². The van der Waals surface area contributed by atoms with Crippen molar-refractivity contribution in [3.63, 3.8) is 0 Å². The van der Waals surface area contributed by atoms with E-state index >= 15 is 0 Å². The van der Waals surface area contributed by atoms with Crippen LogP contribution in [0.25, 0.3) is 0 Å². The van der Waals surface area contributed by atoms with Gasteiger partial charge in [-0.2, -0.15) is 0 Å². The molecular weight excluding hydrogens is 244 g/mol. The molecule has 1 unspecified atom stereocenters. The molecule has 1 aromatic carbocycles. The summed E-state index contributed by atoms with van der Waals surface area (Å²) < 4.78 is 10.7. The Bertz CT molecular complexity index is 517. The summed E-state index contributed by atoms with van der Waals surface area (Å²) in [7, 11) is 0. The lowest BCUT2D eigenvalue weighted by Crippen LogP contribution is -2.21. The monoisotopic (exact) mass is 258 g/mol. The highest BCUT2D eigenvalue weighted by Gasteiger charge is 2.24. The molecule has 1 heterocycles. The van der Waals surface area contributed by atoms with Crippen LogP contribution in [0.4, 0.5) is 0 Å². The minimum atomic E-state index is -0.858. The first-order chi connectivity index (χ1) is 9.31. The SMILES string of the molecule is CCOC(=O)C(Oc1ccccc1)c1cncnc1. The lowest BCUT2D eigenvalue weighted by atomic mass is 10.2. The zero-order chi connectivity index (χ0) is 13.5. The van der Waals surface area contributed by atoms with E-state index in [9.17, 15) is 4.79 Å². The summed E-state index contributed by atoms with van der Waals surface area (Å²) in [6.45, 7) is 2.04. The molecule has 0 aliphatic heterocycles. The van der Waals surface area contributed by atoms with Crippen molar-refractivity contribution in [3.05, 3.63) is 54.6 Å². The van der Waals surface area contributed by atoms with E-state index in [-0.39, 0.29) is 0 Å². The minimum Gasteiger partial charge on any atom is -0.474 e. The molecule has 0 spiro atoms. The summed E-state index contributed by atoms with van der Waals surface area (Å²) >= 11 is 0. The summed E-state index contributed by atoms with van der Waals surface area (Å²) in [5.41, 5.74) is 0.560. The van der Waals surface area contributed by atoms with E-state index in [4.69, 9.17) is 9.47 Å². The van der Waals surface area contributed by atoms with Gasteiger partial charge in [0, 0.05) is 18.0 Å². The Morgan fingerprint density at radius 1 is 1.21 bits per heavy atom. The van der Waals surface area contributed by atoms with E-state index in [1.165, 1.54) is 18.7 Å². The third-order valence-corrected chi connectivity index (χ3v) is 2.38. The van der Waals surface area contributed by atoms with Gasteiger partial charge in [0.25, 0.3) is 0 Å². The van der Waals surface area contributed by atoms with Crippen LogP contribution in [-0.4, -0.2) is 22.5 Å². The first-order valence-corrected chi connectivity index (χ1v) is 5.94. The number of carbonyl (C=O) groups is 1. The van der Waals surface area contributed by atoms with Crippen molar-refractivity contribution in [2.45, 2.75) is 13.0 Å². The summed E-state index contributed by atoms with van der Waals surface area (Å²) in [5.74, 6) is 0.130. The van der Waals surface area contributed by atoms with Gasteiger partial charge in [0.15, 0.2) is 0 Å². The van der Waals surface area contributed by atoms with Gasteiger partial charge in [-0.25, -0.2) is 14.8 Å². The first-order valence-electron chi connectivity index (χ1n) is 5.94. The van der Waals surface area contributed by atoms with E-state index in [1.54, 1.807) is 19.1 Å². The predicted molar refractivity (Wildman–Crippen MR) is 68.5 cm³/mol. The number of esters is 1. The largest absolute Gasteiger partial charge is 0.474 e. The lowest BCUT2D eigenvalue weighted by Gasteiger charge is -2.17. The Hall–Kier alpha value is -2.43. The highest BCUT2D eigenvalue weighted by molar-refractivity contribution is 5.76. The van der Waals surface area contributed by atoms with Gasteiger partial charge in [-0.15, -0.1) is 0 Å². The topological polar surface area (TPSA) is 61.3 Å². The fourth-order valence-electron chi connectivity index (χ4n) is 1.55. The molecule has 1 aromatic heterocycles. The molecule has 0 aliphatic rings. The minimum absolute atomic E-state index is 0.293. The fourth-order valence-corrected chi connectivity index (χ4v) is 1.55. The van der Waals surface area contributed by atoms with Gasteiger partial charge in [0.05, 0.1) is 6.61 Å². The van der Waals surface area contributed by atoms with E-state index in [1.807, 2.05) is 18.2 Å². The van der Waals surface area contributed by atoms with Crippen LogP contribution in [0.3, 0.4) is 0 Å². The first kappa shape index (κ1) is 13.0. The second-order valence-electron chi connectivity index (χ2n) is 3.73. The molecule has 19 heavy (non-hydrogen) atoms. The summed E-state index contributed by atoms with van der Waals surface area (Å²) in [6.07, 6.45) is 3.62. The number of aromatic nitrogens is 2. The van der Waals surface area contributed by atoms with Gasteiger partial charge in [0.1, 0.15) is 12.1 Å². The van der Waals surface area contributed by atoms with E-state index in [0.717, 1.165) is 0 Å².